The summed E-state index contributed by atoms with van der Waals surface area (Å²) in [7, 11) is 0. The van der Waals surface area contributed by atoms with E-state index < -0.39 is 6.36 Å². The third-order valence-corrected chi connectivity index (χ3v) is 2.16. The summed E-state index contributed by atoms with van der Waals surface area (Å²) in [5.41, 5.74) is 0.902. The van der Waals surface area contributed by atoms with Gasteiger partial charge < -0.3 is 4.74 Å². The van der Waals surface area contributed by atoms with Crippen LogP contribution in [0, 0.1) is 10.5 Å². The molecule has 0 fully saturated rings. The molecule has 0 bridgehead atoms. The highest BCUT2D eigenvalue weighted by molar-refractivity contribution is 14.1. The lowest BCUT2D eigenvalue weighted by Crippen LogP contribution is -2.17. The molecule has 1 rings (SSSR count). The van der Waals surface area contributed by atoms with Crippen molar-refractivity contribution in [3.05, 3.63) is 27.3 Å². The van der Waals surface area contributed by atoms with Gasteiger partial charge >= 0.3 is 6.36 Å². The molecule has 0 aromatic heterocycles. The SMILES string of the molecule is Cc1ccc(OC(F)(F)F)c(I)c1. The fourth-order valence-corrected chi connectivity index (χ4v) is 1.59. The molecule has 1 nitrogen and oxygen atoms in total. The van der Waals surface area contributed by atoms with Gasteiger partial charge in [-0.25, -0.2) is 0 Å². The van der Waals surface area contributed by atoms with Crippen LogP contribution in [-0.4, -0.2) is 6.36 Å². The Morgan fingerprint density at radius 3 is 2.38 bits per heavy atom. The number of benzene rings is 1. The van der Waals surface area contributed by atoms with Crippen molar-refractivity contribution in [1.82, 2.24) is 0 Å². The first-order valence-electron chi connectivity index (χ1n) is 3.40. The predicted molar refractivity (Wildman–Crippen MR) is 50.6 cm³/mol. The van der Waals surface area contributed by atoms with Crippen LogP contribution in [0.1, 0.15) is 5.56 Å². The van der Waals surface area contributed by atoms with Crippen molar-refractivity contribution in [2.45, 2.75) is 13.3 Å². The highest BCUT2D eigenvalue weighted by atomic mass is 127. The van der Waals surface area contributed by atoms with E-state index in [1.165, 1.54) is 6.07 Å². The third-order valence-electron chi connectivity index (χ3n) is 1.31. The van der Waals surface area contributed by atoms with Gasteiger partial charge in [-0.15, -0.1) is 13.2 Å². The minimum absolute atomic E-state index is 0.154. The summed E-state index contributed by atoms with van der Waals surface area (Å²) in [6.45, 7) is 1.81. The first-order valence-corrected chi connectivity index (χ1v) is 4.48. The topological polar surface area (TPSA) is 9.23 Å². The van der Waals surface area contributed by atoms with Crippen LogP contribution in [0.5, 0.6) is 5.75 Å². The van der Waals surface area contributed by atoms with Crippen LogP contribution in [0.25, 0.3) is 0 Å². The van der Waals surface area contributed by atoms with Crippen molar-refractivity contribution in [2.75, 3.05) is 0 Å². The summed E-state index contributed by atoms with van der Waals surface area (Å²) in [5.74, 6) is -0.154. The van der Waals surface area contributed by atoms with Gasteiger partial charge in [-0.1, -0.05) is 6.07 Å². The minimum atomic E-state index is -4.62. The summed E-state index contributed by atoms with van der Waals surface area (Å²) in [5, 5.41) is 0. The van der Waals surface area contributed by atoms with Gasteiger partial charge in [-0.05, 0) is 47.2 Å². The molecule has 0 N–H and O–H groups in total. The monoisotopic (exact) mass is 302 g/mol. The van der Waals surface area contributed by atoms with Crippen molar-refractivity contribution in [1.29, 1.82) is 0 Å². The zero-order valence-corrected chi connectivity index (χ0v) is 8.81. The molecule has 0 atom stereocenters. The van der Waals surface area contributed by atoms with Crippen LogP contribution in [0.4, 0.5) is 13.2 Å². The van der Waals surface area contributed by atoms with E-state index in [2.05, 4.69) is 4.74 Å². The number of halogens is 4. The van der Waals surface area contributed by atoms with E-state index in [9.17, 15) is 13.2 Å². The molecule has 0 amide bonds. The van der Waals surface area contributed by atoms with Crippen LogP contribution in [-0.2, 0) is 0 Å². The van der Waals surface area contributed by atoms with Crippen LogP contribution >= 0.6 is 22.6 Å². The first kappa shape index (κ1) is 10.6. The molecular weight excluding hydrogens is 296 g/mol. The lowest BCUT2D eigenvalue weighted by molar-refractivity contribution is -0.274. The largest absolute Gasteiger partial charge is 0.573 e. The zero-order valence-electron chi connectivity index (χ0n) is 6.65. The van der Waals surface area contributed by atoms with Gasteiger partial charge in [0.1, 0.15) is 5.75 Å². The Hall–Kier alpha value is -0.460. The Labute approximate surface area is 87.0 Å². The van der Waals surface area contributed by atoms with E-state index in [4.69, 9.17) is 0 Å². The fraction of sp³-hybridized carbons (Fsp3) is 0.250. The summed E-state index contributed by atoms with van der Waals surface area (Å²) in [6, 6.07) is 4.51. The standard InChI is InChI=1S/C8H6F3IO/c1-5-2-3-7(6(12)4-5)13-8(9,10)11/h2-4H,1H3. The first-order chi connectivity index (χ1) is 5.88. The van der Waals surface area contributed by atoms with Gasteiger partial charge in [-0.2, -0.15) is 0 Å². The molecule has 0 unspecified atom stereocenters. The van der Waals surface area contributed by atoms with E-state index in [1.807, 2.05) is 0 Å². The van der Waals surface area contributed by atoms with Crippen LogP contribution in [0.15, 0.2) is 18.2 Å². The average Bonchev–Trinajstić information content (AvgIpc) is 1.93. The van der Waals surface area contributed by atoms with E-state index in [0.717, 1.165) is 5.56 Å². The van der Waals surface area contributed by atoms with Gasteiger partial charge in [0.25, 0.3) is 0 Å². The summed E-state index contributed by atoms with van der Waals surface area (Å²) in [4.78, 5) is 0. The summed E-state index contributed by atoms with van der Waals surface area (Å²) in [6.07, 6.45) is -4.62. The van der Waals surface area contributed by atoms with Crippen molar-refractivity contribution >= 4 is 22.6 Å². The van der Waals surface area contributed by atoms with Gasteiger partial charge in [0.2, 0.25) is 0 Å². The van der Waals surface area contributed by atoms with Gasteiger partial charge in [-0.3, -0.25) is 0 Å². The Bertz CT molecular complexity index is 309. The van der Waals surface area contributed by atoms with Gasteiger partial charge in [0.15, 0.2) is 0 Å². The number of hydrogen-bond donors (Lipinski definition) is 0. The molecule has 1 aromatic carbocycles. The zero-order chi connectivity index (χ0) is 10.1. The Morgan fingerprint density at radius 2 is 1.92 bits per heavy atom. The molecule has 1 aromatic rings. The fourth-order valence-electron chi connectivity index (χ4n) is 0.813. The Morgan fingerprint density at radius 1 is 1.31 bits per heavy atom. The second-order valence-electron chi connectivity index (χ2n) is 2.48. The molecule has 72 valence electrons. The van der Waals surface area contributed by atoms with E-state index in [-0.39, 0.29) is 5.75 Å². The molecular formula is C8H6F3IO. The minimum Gasteiger partial charge on any atom is -0.405 e. The lowest BCUT2D eigenvalue weighted by Gasteiger charge is -2.10. The predicted octanol–water partition coefficient (Wildman–Crippen LogP) is 3.50. The number of ether oxygens (including phenoxy) is 1. The number of aryl methyl sites for hydroxylation is 1. The highest BCUT2D eigenvalue weighted by Crippen LogP contribution is 2.27. The maximum absolute atomic E-state index is 11.8. The Kier molecular flexibility index (Phi) is 3.05. The Balaban J connectivity index is 2.90. The smallest absolute Gasteiger partial charge is 0.405 e. The van der Waals surface area contributed by atoms with Crippen molar-refractivity contribution < 1.29 is 17.9 Å². The van der Waals surface area contributed by atoms with Gasteiger partial charge in [0.05, 0.1) is 3.57 Å². The molecule has 0 radical (unpaired) electrons. The van der Waals surface area contributed by atoms with E-state index in [0.29, 0.717) is 3.57 Å². The van der Waals surface area contributed by atoms with Gasteiger partial charge in [0, 0.05) is 0 Å². The number of hydrogen-bond acceptors (Lipinski definition) is 1. The third kappa shape index (κ3) is 3.41. The van der Waals surface area contributed by atoms with E-state index >= 15 is 0 Å². The molecule has 0 aliphatic rings. The molecule has 0 spiro atoms. The molecule has 5 heteroatoms. The van der Waals surface area contributed by atoms with Crippen molar-refractivity contribution in [2.24, 2.45) is 0 Å². The summed E-state index contributed by atoms with van der Waals surface area (Å²) >= 11 is 1.80. The number of alkyl halides is 3. The maximum Gasteiger partial charge on any atom is 0.573 e. The maximum atomic E-state index is 11.8. The van der Waals surface area contributed by atoms with Crippen LogP contribution < -0.4 is 4.74 Å². The normalized spacial score (nSPS) is 11.5. The molecule has 0 saturated heterocycles. The van der Waals surface area contributed by atoms with Crippen molar-refractivity contribution in [3.8, 4) is 5.75 Å². The molecule has 0 heterocycles. The number of rotatable bonds is 1. The second kappa shape index (κ2) is 3.73. The second-order valence-corrected chi connectivity index (χ2v) is 3.64. The quantitative estimate of drug-likeness (QED) is 0.722. The average molecular weight is 302 g/mol. The molecule has 0 saturated carbocycles. The lowest BCUT2D eigenvalue weighted by atomic mass is 10.2. The molecule has 0 aliphatic carbocycles. The van der Waals surface area contributed by atoms with Crippen molar-refractivity contribution in [3.63, 3.8) is 0 Å². The summed E-state index contributed by atoms with van der Waals surface area (Å²) < 4.78 is 39.6. The highest BCUT2D eigenvalue weighted by Gasteiger charge is 2.31. The van der Waals surface area contributed by atoms with Crippen LogP contribution in [0.3, 0.4) is 0 Å². The van der Waals surface area contributed by atoms with Crippen LogP contribution in [0.2, 0.25) is 0 Å². The van der Waals surface area contributed by atoms with E-state index in [1.54, 1.807) is 41.6 Å². The molecule has 0 aliphatic heterocycles. The molecule has 13 heavy (non-hydrogen) atoms.